The molecule has 2 N–H and O–H groups in total. The molecule has 0 aliphatic heterocycles. The van der Waals surface area contributed by atoms with Crippen LogP contribution in [0.2, 0.25) is 0 Å². The van der Waals surface area contributed by atoms with Crippen molar-refractivity contribution in [3.63, 3.8) is 0 Å². The van der Waals surface area contributed by atoms with Gasteiger partial charge in [-0.3, -0.25) is 23.4 Å². The fourth-order valence-electron chi connectivity index (χ4n) is 6.86. The number of hydrogen-bond acceptors (Lipinski definition) is 9. The smallest absolute Gasteiger partial charge is 0.462 e. The SMILES string of the molecule is CCCCC/C=C\C/C=C\CCCCCCCCCCCC(=O)OC[C@H](COP(=O)(O)OCC[N+](C)(C)C)OC(=O)CCC/C=C\C[C@H]1C=CC(=O)[C@@H]1/C=C/[C@@H](O)CCCCC. The summed E-state index contributed by atoms with van der Waals surface area (Å²) in [7, 11) is 1.35. The van der Waals surface area contributed by atoms with Crippen molar-refractivity contribution < 1.29 is 52.0 Å². The molecule has 0 aromatic heterocycles. The number of esters is 2. The molecular formula is C50H87NO10P+. The fourth-order valence-corrected chi connectivity index (χ4v) is 7.60. The molecule has 0 amide bonds. The molecule has 0 saturated heterocycles. The molecule has 0 radical (unpaired) electrons. The van der Waals surface area contributed by atoms with E-state index in [1.165, 1.54) is 57.8 Å². The summed E-state index contributed by atoms with van der Waals surface area (Å²) in [6.45, 7) is 4.06. The van der Waals surface area contributed by atoms with Crippen LogP contribution in [0, 0.1) is 11.8 Å². The summed E-state index contributed by atoms with van der Waals surface area (Å²) in [5.41, 5.74) is 0. The minimum atomic E-state index is -4.44. The first kappa shape index (κ1) is 57.4. The number of quaternary nitrogens is 1. The molecule has 356 valence electrons. The highest BCUT2D eigenvalue weighted by atomic mass is 31.2. The molecule has 1 aliphatic rings. The van der Waals surface area contributed by atoms with Crippen LogP contribution in [-0.2, 0) is 37.5 Å². The van der Waals surface area contributed by atoms with Crippen molar-refractivity contribution in [2.45, 2.75) is 180 Å². The number of phosphoric acid groups is 1. The Kier molecular flexibility index (Phi) is 33.9. The molecule has 1 rings (SSSR count). The normalized spacial score (nSPS) is 17.8. The maximum Gasteiger partial charge on any atom is 0.472 e. The molecule has 0 saturated carbocycles. The van der Waals surface area contributed by atoms with Crippen LogP contribution in [0.1, 0.15) is 168 Å². The second-order valence-corrected chi connectivity index (χ2v) is 19.3. The molecule has 62 heavy (non-hydrogen) atoms. The van der Waals surface area contributed by atoms with E-state index in [9.17, 15) is 28.9 Å². The molecule has 1 aliphatic carbocycles. The molecule has 0 bridgehead atoms. The van der Waals surface area contributed by atoms with E-state index < -0.39 is 38.6 Å². The number of unbranched alkanes of at least 4 members (excludes halogenated alkanes) is 15. The monoisotopic (exact) mass is 893 g/mol. The Balaban J connectivity index is 2.41. The summed E-state index contributed by atoms with van der Waals surface area (Å²) in [4.78, 5) is 48.0. The quantitative estimate of drug-likeness (QED) is 0.0200. The number of ketones is 1. The molecule has 0 spiro atoms. The van der Waals surface area contributed by atoms with E-state index in [1.54, 1.807) is 12.2 Å². The zero-order valence-corrected chi connectivity index (χ0v) is 40.3. The first-order valence-electron chi connectivity index (χ1n) is 24.1. The van der Waals surface area contributed by atoms with Crippen LogP contribution in [0.4, 0.5) is 0 Å². The predicted octanol–water partition coefficient (Wildman–Crippen LogP) is 11.6. The molecule has 5 atom stereocenters. The van der Waals surface area contributed by atoms with Gasteiger partial charge in [0.25, 0.3) is 0 Å². The van der Waals surface area contributed by atoms with Gasteiger partial charge in [0.1, 0.15) is 19.8 Å². The molecular weight excluding hydrogens is 806 g/mol. The highest BCUT2D eigenvalue weighted by molar-refractivity contribution is 7.47. The van der Waals surface area contributed by atoms with E-state index in [0.29, 0.717) is 43.1 Å². The van der Waals surface area contributed by atoms with Crippen LogP contribution in [0.15, 0.2) is 60.8 Å². The number of nitrogens with zero attached hydrogens (tertiary/aromatic N) is 1. The van der Waals surface area contributed by atoms with Crippen LogP contribution in [0.3, 0.4) is 0 Å². The van der Waals surface area contributed by atoms with Gasteiger partial charge < -0.3 is 24.0 Å². The summed E-state index contributed by atoms with van der Waals surface area (Å²) in [5.74, 6) is -1.18. The summed E-state index contributed by atoms with van der Waals surface area (Å²) in [6.07, 6.45) is 41.8. The molecule has 11 nitrogen and oxygen atoms in total. The zero-order chi connectivity index (χ0) is 45.7. The number of aliphatic hydroxyl groups is 1. The number of ether oxygens (including phenoxy) is 2. The lowest BCUT2D eigenvalue weighted by molar-refractivity contribution is -0.870. The number of hydrogen-bond donors (Lipinski definition) is 2. The van der Waals surface area contributed by atoms with Gasteiger partial charge in [0, 0.05) is 18.8 Å². The third kappa shape index (κ3) is 33.8. The van der Waals surface area contributed by atoms with E-state index in [-0.39, 0.29) is 43.7 Å². The Hall–Kier alpha value is -2.66. The van der Waals surface area contributed by atoms with Gasteiger partial charge in [-0.2, -0.15) is 0 Å². The average molecular weight is 893 g/mol. The van der Waals surface area contributed by atoms with E-state index in [1.807, 2.05) is 45.4 Å². The van der Waals surface area contributed by atoms with Crippen molar-refractivity contribution in [3.8, 4) is 0 Å². The largest absolute Gasteiger partial charge is 0.472 e. The third-order valence-corrected chi connectivity index (χ3v) is 11.8. The van der Waals surface area contributed by atoms with Crippen LogP contribution in [0.5, 0.6) is 0 Å². The standard InChI is InChI=1S/C50H86NO10P/c1-6-8-10-11-12-13-14-15-16-17-18-19-20-21-22-23-24-25-30-34-49(54)58-42-46(43-60-62(56,57)59-41-40-51(3,4)5)61-50(55)35-31-27-26-29-32-44-36-39-48(53)47(44)38-37-45(52)33-28-9-7-2/h12-13,15-16,26,29,36-39,44-47,52H,6-11,14,17-25,27-28,30-35,40-43H2,1-5H3/p+1/b13-12-,16-15-,29-26-,38-37+/t44-,45-,46+,47+/m0/s1. The molecule has 0 heterocycles. The maximum atomic E-state index is 12.8. The first-order valence-corrected chi connectivity index (χ1v) is 25.6. The van der Waals surface area contributed by atoms with Gasteiger partial charge >= 0.3 is 19.8 Å². The maximum absolute atomic E-state index is 12.8. The van der Waals surface area contributed by atoms with Crippen molar-refractivity contribution >= 4 is 25.5 Å². The highest BCUT2D eigenvalue weighted by Crippen LogP contribution is 2.43. The van der Waals surface area contributed by atoms with Gasteiger partial charge in [-0.15, -0.1) is 0 Å². The second-order valence-electron chi connectivity index (χ2n) is 17.8. The van der Waals surface area contributed by atoms with Gasteiger partial charge in [-0.25, -0.2) is 4.57 Å². The van der Waals surface area contributed by atoms with Crippen molar-refractivity contribution in [3.05, 3.63) is 60.8 Å². The van der Waals surface area contributed by atoms with E-state index >= 15 is 0 Å². The summed E-state index contributed by atoms with van der Waals surface area (Å²) >= 11 is 0. The topological polar surface area (TPSA) is 146 Å². The Labute approximate surface area is 376 Å². The number of likely N-dealkylation sites (N-methyl/N-ethyl adjacent to an activating group) is 1. The summed E-state index contributed by atoms with van der Waals surface area (Å²) < 4.78 is 34.3. The molecule has 12 heteroatoms. The summed E-state index contributed by atoms with van der Waals surface area (Å²) in [5, 5.41) is 10.2. The Morgan fingerprint density at radius 3 is 1.98 bits per heavy atom. The molecule has 0 aromatic carbocycles. The van der Waals surface area contributed by atoms with Gasteiger partial charge in [-0.1, -0.05) is 146 Å². The number of allylic oxidation sites excluding steroid dienone is 9. The lowest BCUT2D eigenvalue weighted by atomic mass is 9.90. The van der Waals surface area contributed by atoms with Gasteiger partial charge in [0.15, 0.2) is 11.9 Å². The number of aliphatic hydroxyl groups excluding tert-OH is 1. The number of rotatable bonds is 40. The number of carbonyl (C=O) groups excluding carboxylic acids is 3. The van der Waals surface area contributed by atoms with Crippen molar-refractivity contribution in [2.75, 3.05) is 47.5 Å². The number of carbonyl (C=O) groups is 3. The first-order chi connectivity index (χ1) is 29.8. The Morgan fingerprint density at radius 2 is 1.32 bits per heavy atom. The van der Waals surface area contributed by atoms with Crippen LogP contribution in [0.25, 0.3) is 0 Å². The highest BCUT2D eigenvalue weighted by Gasteiger charge is 2.28. The Bertz CT molecular complexity index is 1380. The van der Waals surface area contributed by atoms with Crippen LogP contribution in [-0.4, -0.2) is 91.9 Å². The van der Waals surface area contributed by atoms with Gasteiger partial charge in [0.2, 0.25) is 0 Å². The number of phosphoric ester groups is 1. The third-order valence-electron chi connectivity index (χ3n) is 10.8. The summed E-state index contributed by atoms with van der Waals surface area (Å²) in [6, 6.07) is 0. The molecule has 0 fully saturated rings. The van der Waals surface area contributed by atoms with Gasteiger partial charge in [0.05, 0.1) is 33.9 Å². The average Bonchev–Trinajstić information content (AvgIpc) is 3.57. The second kappa shape index (κ2) is 36.7. The van der Waals surface area contributed by atoms with E-state index in [0.717, 1.165) is 51.4 Å². The predicted molar refractivity (Wildman–Crippen MR) is 251 cm³/mol. The van der Waals surface area contributed by atoms with Crippen molar-refractivity contribution in [1.82, 2.24) is 0 Å². The lowest BCUT2D eigenvalue weighted by Crippen LogP contribution is -2.37. The lowest BCUT2D eigenvalue weighted by Gasteiger charge is -2.24. The fraction of sp³-hybridized carbons (Fsp3) is 0.740. The minimum absolute atomic E-state index is 0.00718. The van der Waals surface area contributed by atoms with Crippen molar-refractivity contribution in [2.24, 2.45) is 11.8 Å². The minimum Gasteiger partial charge on any atom is -0.462 e. The zero-order valence-electron chi connectivity index (χ0n) is 39.4. The van der Waals surface area contributed by atoms with Crippen LogP contribution >= 0.6 is 7.82 Å². The van der Waals surface area contributed by atoms with E-state index in [4.69, 9.17) is 18.5 Å². The van der Waals surface area contributed by atoms with Crippen LogP contribution < -0.4 is 0 Å². The van der Waals surface area contributed by atoms with E-state index in [2.05, 4.69) is 38.2 Å². The molecule has 0 aromatic rings. The molecule has 1 unspecified atom stereocenters. The van der Waals surface area contributed by atoms with Crippen molar-refractivity contribution in [1.29, 1.82) is 0 Å². The van der Waals surface area contributed by atoms with Gasteiger partial charge in [-0.05, 0) is 76.2 Å². The Morgan fingerprint density at radius 1 is 0.742 bits per heavy atom.